The highest BCUT2D eigenvalue weighted by Crippen LogP contribution is 2.43. The Morgan fingerprint density at radius 2 is 1.39 bits per heavy atom. The first-order valence-electron chi connectivity index (χ1n) is 14.4. The van der Waals surface area contributed by atoms with Gasteiger partial charge in [-0.2, -0.15) is 0 Å². The van der Waals surface area contributed by atoms with Crippen molar-refractivity contribution in [3.63, 3.8) is 0 Å². The van der Waals surface area contributed by atoms with Gasteiger partial charge in [0, 0.05) is 12.8 Å². The van der Waals surface area contributed by atoms with Crippen LogP contribution in [0.15, 0.2) is 12.2 Å². The number of rotatable bonds is 25. The molecule has 0 aromatic carbocycles. The number of hydrogen-bond donors (Lipinski definition) is 1. The molecule has 0 saturated heterocycles. The van der Waals surface area contributed by atoms with Crippen LogP contribution in [-0.4, -0.2) is 74.9 Å². The van der Waals surface area contributed by atoms with E-state index in [1.807, 2.05) is 21.1 Å². The van der Waals surface area contributed by atoms with E-state index >= 15 is 0 Å². The smallest absolute Gasteiger partial charge is 0.462 e. The van der Waals surface area contributed by atoms with Gasteiger partial charge >= 0.3 is 19.8 Å². The molecular weight excluding hydrogens is 509 g/mol. The van der Waals surface area contributed by atoms with E-state index in [1.54, 1.807) is 0 Å². The summed E-state index contributed by atoms with van der Waals surface area (Å²) in [6.45, 7) is 4.17. The van der Waals surface area contributed by atoms with Crippen LogP contribution in [0.25, 0.3) is 0 Å². The molecule has 0 saturated carbocycles. The van der Waals surface area contributed by atoms with E-state index in [9.17, 15) is 19.0 Å². The molecule has 0 bridgehead atoms. The fourth-order valence-corrected chi connectivity index (χ4v) is 4.17. The van der Waals surface area contributed by atoms with Crippen LogP contribution in [0.2, 0.25) is 0 Å². The second-order valence-electron chi connectivity index (χ2n) is 10.8. The van der Waals surface area contributed by atoms with Crippen molar-refractivity contribution < 1.29 is 42.1 Å². The highest BCUT2D eigenvalue weighted by Gasteiger charge is 2.27. The van der Waals surface area contributed by atoms with Crippen LogP contribution in [0.4, 0.5) is 0 Å². The van der Waals surface area contributed by atoms with Crippen LogP contribution in [-0.2, 0) is 32.7 Å². The lowest BCUT2D eigenvalue weighted by Crippen LogP contribution is -2.37. The predicted molar refractivity (Wildman–Crippen MR) is 151 cm³/mol. The Balaban J connectivity index is 4.54. The van der Waals surface area contributed by atoms with Gasteiger partial charge in [-0.15, -0.1) is 0 Å². The molecule has 224 valence electrons. The largest absolute Gasteiger partial charge is 0.472 e. The third-order valence-corrected chi connectivity index (χ3v) is 6.76. The highest BCUT2D eigenvalue weighted by molar-refractivity contribution is 7.47. The number of ether oxygens (including phenoxy) is 2. The Labute approximate surface area is 231 Å². The number of likely N-dealkylation sites (N-methyl/N-ethyl adjacent to an activating group) is 1. The first-order chi connectivity index (χ1) is 18.0. The standard InChI is InChI=1S/C28H54NO8P/c1-6-8-10-12-13-14-15-16-17-19-21-28(31)37-26(24-34-27(30)20-18-11-9-7-2)25-36-38(32,33)35-23-22-29(3,4)5/h10,12,26H,6-9,11,13-25H2,1-5H3/p+1/b12-10-. The van der Waals surface area contributed by atoms with Crippen molar-refractivity contribution in [3.05, 3.63) is 12.2 Å². The second-order valence-corrected chi connectivity index (χ2v) is 12.2. The maximum Gasteiger partial charge on any atom is 0.472 e. The van der Waals surface area contributed by atoms with Gasteiger partial charge in [-0.25, -0.2) is 4.57 Å². The molecule has 0 amide bonds. The average molecular weight is 565 g/mol. The SMILES string of the molecule is CCC/C=C\CCCCCCCC(=O)OC(COC(=O)CCCCCC)COP(=O)(O)OCC[N+](C)(C)C. The van der Waals surface area contributed by atoms with Crippen LogP contribution in [0.3, 0.4) is 0 Å². The molecule has 9 nitrogen and oxygen atoms in total. The first kappa shape index (κ1) is 36.8. The van der Waals surface area contributed by atoms with Crippen molar-refractivity contribution in [2.24, 2.45) is 0 Å². The summed E-state index contributed by atoms with van der Waals surface area (Å²) in [6.07, 6.45) is 16.1. The lowest BCUT2D eigenvalue weighted by atomic mass is 10.1. The molecule has 0 fully saturated rings. The van der Waals surface area contributed by atoms with E-state index in [4.69, 9.17) is 18.5 Å². The summed E-state index contributed by atoms with van der Waals surface area (Å²) in [6, 6.07) is 0. The third kappa shape index (κ3) is 25.1. The molecule has 10 heteroatoms. The normalized spacial score (nSPS) is 14.4. The number of nitrogens with zero attached hydrogens (tertiary/aromatic N) is 1. The van der Waals surface area contributed by atoms with Gasteiger partial charge in [0.2, 0.25) is 0 Å². The van der Waals surface area contributed by atoms with Gasteiger partial charge < -0.3 is 18.9 Å². The lowest BCUT2D eigenvalue weighted by Gasteiger charge is -2.24. The zero-order valence-electron chi connectivity index (χ0n) is 24.7. The summed E-state index contributed by atoms with van der Waals surface area (Å²) in [5, 5.41) is 0. The topological polar surface area (TPSA) is 108 Å². The van der Waals surface area contributed by atoms with E-state index < -0.39 is 32.5 Å². The van der Waals surface area contributed by atoms with Gasteiger partial charge in [0.15, 0.2) is 6.10 Å². The molecule has 0 aliphatic carbocycles. The van der Waals surface area contributed by atoms with E-state index in [1.165, 1.54) is 6.42 Å². The molecule has 0 heterocycles. The van der Waals surface area contributed by atoms with E-state index in [2.05, 4.69) is 26.0 Å². The van der Waals surface area contributed by atoms with Crippen LogP contribution in [0.5, 0.6) is 0 Å². The predicted octanol–water partition coefficient (Wildman–Crippen LogP) is 6.34. The fourth-order valence-electron chi connectivity index (χ4n) is 3.42. The second kappa shape index (κ2) is 22.6. The Hall–Kier alpha value is -1.25. The molecular formula is C28H55NO8P+. The number of phosphoric acid groups is 1. The fraction of sp³-hybridized carbons (Fsp3) is 0.857. The zero-order chi connectivity index (χ0) is 28.7. The molecule has 38 heavy (non-hydrogen) atoms. The van der Waals surface area contributed by atoms with Crippen molar-refractivity contribution in [2.75, 3.05) is 47.5 Å². The quantitative estimate of drug-likeness (QED) is 0.0450. The average Bonchev–Trinajstić information content (AvgIpc) is 2.83. The summed E-state index contributed by atoms with van der Waals surface area (Å²) >= 11 is 0. The number of carbonyl (C=O) groups is 2. The summed E-state index contributed by atoms with van der Waals surface area (Å²) in [5.74, 6) is -0.836. The maximum absolute atomic E-state index is 12.4. The number of allylic oxidation sites excluding steroid dienone is 2. The zero-order valence-corrected chi connectivity index (χ0v) is 25.6. The minimum Gasteiger partial charge on any atom is -0.462 e. The van der Waals surface area contributed by atoms with Crippen molar-refractivity contribution in [2.45, 2.75) is 110 Å². The summed E-state index contributed by atoms with van der Waals surface area (Å²) < 4.78 is 33.6. The summed E-state index contributed by atoms with van der Waals surface area (Å²) in [5.41, 5.74) is 0. The molecule has 0 aliphatic heterocycles. The van der Waals surface area contributed by atoms with Gasteiger partial charge in [-0.05, 0) is 32.1 Å². The number of unbranched alkanes of at least 4 members (excludes halogenated alkanes) is 9. The van der Waals surface area contributed by atoms with Crippen LogP contribution in [0.1, 0.15) is 104 Å². The van der Waals surface area contributed by atoms with E-state index in [-0.39, 0.29) is 26.1 Å². The molecule has 0 aromatic rings. The van der Waals surface area contributed by atoms with E-state index in [0.717, 1.165) is 64.2 Å². The maximum atomic E-state index is 12.4. The highest BCUT2D eigenvalue weighted by atomic mass is 31.2. The van der Waals surface area contributed by atoms with E-state index in [0.29, 0.717) is 17.4 Å². The van der Waals surface area contributed by atoms with Gasteiger partial charge in [0.05, 0.1) is 27.7 Å². The molecule has 2 unspecified atom stereocenters. The molecule has 0 rings (SSSR count). The minimum atomic E-state index is -4.34. The monoisotopic (exact) mass is 564 g/mol. The molecule has 1 N–H and O–H groups in total. The van der Waals surface area contributed by atoms with Crippen LogP contribution in [0, 0.1) is 0 Å². The number of phosphoric ester groups is 1. The Morgan fingerprint density at radius 3 is 2.05 bits per heavy atom. The number of hydrogen-bond acceptors (Lipinski definition) is 7. The first-order valence-corrected chi connectivity index (χ1v) is 15.9. The Morgan fingerprint density at radius 1 is 0.789 bits per heavy atom. The summed E-state index contributed by atoms with van der Waals surface area (Å²) in [4.78, 5) is 34.5. The van der Waals surface area contributed by atoms with Crippen molar-refractivity contribution in [1.82, 2.24) is 0 Å². The molecule has 2 atom stereocenters. The van der Waals surface area contributed by atoms with Crippen LogP contribution >= 0.6 is 7.82 Å². The number of carbonyl (C=O) groups excluding carboxylic acids is 2. The lowest BCUT2D eigenvalue weighted by molar-refractivity contribution is -0.870. The molecule has 0 spiro atoms. The summed E-state index contributed by atoms with van der Waals surface area (Å²) in [7, 11) is 1.46. The third-order valence-electron chi connectivity index (χ3n) is 5.78. The van der Waals surface area contributed by atoms with Gasteiger partial charge in [0.25, 0.3) is 0 Å². The van der Waals surface area contributed by atoms with Gasteiger partial charge in [-0.3, -0.25) is 18.6 Å². The van der Waals surface area contributed by atoms with Gasteiger partial charge in [-0.1, -0.05) is 70.9 Å². The molecule has 0 radical (unpaired) electrons. The Kier molecular flexibility index (Phi) is 21.8. The Bertz CT molecular complexity index is 693. The molecule has 0 aromatic heterocycles. The van der Waals surface area contributed by atoms with Gasteiger partial charge in [0.1, 0.15) is 19.8 Å². The number of esters is 2. The van der Waals surface area contributed by atoms with Crippen molar-refractivity contribution >= 4 is 19.8 Å². The van der Waals surface area contributed by atoms with Crippen molar-refractivity contribution in [3.8, 4) is 0 Å². The van der Waals surface area contributed by atoms with Crippen LogP contribution < -0.4 is 0 Å². The number of quaternary nitrogens is 1. The minimum absolute atomic E-state index is 0.0313. The molecule has 0 aliphatic rings. The van der Waals surface area contributed by atoms with Crippen molar-refractivity contribution in [1.29, 1.82) is 0 Å².